The van der Waals surface area contributed by atoms with E-state index in [4.69, 9.17) is 0 Å². The first-order chi connectivity index (χ1) is 5.25. The zero-order valence-corrected chi connectivity index (χ0v) is 9.03. The van der Waals surface area contributed by atoms with Crippen molar-refractivity contribution in [1.82, 2.24) is 0 Å². The summed E-state index contributed by atoms with van der Waals surface area (Å²) in [6.07, 6.45) is 12.4. The lowest BCUT2D eigenvalue weighted by molar-refractivity contribution is 0.360. The Morgan fingerprint density at radius 1 is 1.18 bits per heavy atom. The first kappa shape index (κ1) is 9.44. The van der Waals surface area contributed by atoms with Crippen LogP contribution in [0.4, 0.5) is 0 Å². The van der Waals surface area contributed by atoms with Crippen LogP contribution in [-0.2, 0) is 0 Å². The smallest absolute Gasteiger partial charge is 0.0113 e. The molecule has 1 heteroatoms. The standard InChI is InChI=1S/C10H22S/c1-4-9-7-5-6-8-10(9)11(2)3/h9-11H,4-8H2,1-3H3. The summed E-state index contributed by atoms with van der Waals surface area (Å²) in [5.41, 5.74) is 0. The summed E-state index contributed by atoms with van der Waals surface area (Å²) in [4.78, 5) is 0. The van der Waals surface area contributed by atoms with Crippen LogP contribution in [0, 0.1) is 5.92 Å². The van der Waals surface area contributed by atoms with Gasteiger partial charge in [0.25, 0.3) is 0 Å². The zero-order valence-electron chi connectivity index (χ0n) is 8.14. The third-order valence-electron chi connectivity index (χ3n) is 3.06. The maximum Gasteiger partial charge on any atom is -0.0113 e. The van der Waals surface area contributed by atoms with Gasteiger partial charge in [0, 0.05) is 0 Å². The molecule has 0 bridgehead atoms. The Balaban J connectivity index is 2.44. The van der Waals surface area contributed by atoms with Gasteiger partial charge in [-0.15, -0.1) is 0 Å². The van der Waals surface area contributed by atoms with Crippen LogP contribution in [0.5, 0.6) is 0 Å². The maximum absolute atomic E-state index is 2.45. The van der Waals surface area contributed by atoms with Gasteiger partial charge in [0.1, 0.15) is 0 Å². The van der Waals surface area contributed by atoms with Gasteiger partial charge >= 0.3 is 0 Å². The predicted octanol–water partition coefficient (Wildman–Crippen LogP) is 3.22. The molecule has 1 fully saturated rings. The van der Waals surface area contributed by atoms with E-state index < -0.39 is 0 Å². The second-order valence-electron chi connectivity index (χ2n) is 3.98. The van der Waals surface area contributed by atoms with E-state index in [0.717, 1.165) is 11.2 Å². The molecule has 0 nitrogen and oxygen atoms in total. The van der Waals surface area contributed by atoms with Crippen molar-refractivity contribution in [2.24, 2.45) is 5.92 Å². The van der Waals surface area contributed by atoms with Gasteiger partial charge in [0.15, 0.2) is 0 Å². The van der Waals surface area contributed by atoms with Crippen molar-refractivity contribution < 1.29 is 0 Å². The molecule has 0 saturated heterocycles. The summed E-state index contributed by atoms with van der Waals surface area (Å²) in [6, 6.07) is 0. The van der Waals surface area contributed by atoms with Gasteiger partial charge in [-0.2, -0.15) is 0 Å². The lowest BCUT2D eigenvalue weighted by atomic mass is 9.87. The van der Waals surface area contributed by atoms with Gasteiger partial charge in [-0.25, -0.2) is 0 Å². The van der Waals surface area contributed by atoms with E-state index in [0.29, 0.717) is 10.9 Å². The quantitative estimate of drug-likeness (QED) is 0.611. The first-order valence-corrected chi connectivity index (χ1v) is 7.22. The van der Waals surface area contributed by atoms with E-state index in [1.54, 1.807) is 0 Å². The van der Waals surface area contributed by atoms with Crippen molar-refractivity contribution in [2.75, 3.05) is 12.5 Å². The van der Waals surface area contributed by atoms with Crippen LogP contribution in [0.15, 0.2) is 0 Å². The fourth-order valence-electron chi connectivity index (χ4n) is 2.34. The lowest BCUT2D eigenvalue weighted by Crippen LogP contribution is -2.23. The highest BCUT2D eigenvalue weighted by Crippen LogP contribution is 2.40. The second-order valence-corrected chi connectivity index (χ2v) is 6.57. The van der Waals surface area contributed by atoms with Gasteiger partial charge in [0.2, 0.25) is 0 Å². The van der Waals surface area contributed by atoms with Crippen LogP contribution in [0.2, 0.25) is 0 Å². The summed E-state index contributed by atoms with van der Waals surface area (Å²) >= 11 is 0. The van der Waals surface area contributed by atoms with E-state index in [1.807, 2.05) is 0 Å². The molecule has 2 unspecified atom stereocenters. The van der Waals surface area contributed by atoms with Crippen molar-refractivity contribution in [2.45, 2.75) is 44.3 Å². The van der Waals surface area contributed by atoms with Gasteiger partial charge in [-0.3, -0.25) is 10.9 Å². The van der Waals surface area contributed by atoms with Crippen LogP contribution < -0.4 is 0 Å². The summed E-state index contributed by atoms with van der Waals surface area (Å²) in [6.45, 7) is 2.36. The molecule has 1 rings (SSSR count). The SMILES string of the molecule is CCC1CCCCC1[SH](C)C. The highest BCUT2D eigenvalue weighted by atomic mass is 32.2. The molecule has 1 saturated carbocycles. The molecule has 1 aliphatic rings. The minimum absolute atomic E-state index is 0.336. The molecule has 0 aromatic rings. The van der Waals surface area contributed by atoms with Gasteiger partial charge < -0.3 is 0 Å². The minimum atomic E-state index is 0.336. The largest absolute Gasteiger partial charge is 0.256 e. The number of rotatable bonds is 2. The average Bonchev–Trinajstić information content (AvgIpc) is 2.04. The first-order valence-electron chi connectivity index (χ1n) is 4.92. The maximum atomic E-state index is 2.45. The molecule has 0 amide bonds. The summed E-state index contributed by atoms with van der Waals surface area (Å²) in [5, 5.41) is 1.10. The molecular formula is C10H22S. The van der Waals surface area contributed by atoms with E-state index >= 15 is 0 Å². The lowest BCUT2D eigenvalue weighted by Gasteiger charge is -2.35. The molecule has 2 atom stereocenters. The topological polar surface area (TPSA) is 0 Å². The molecule has 68 valence electrons. The molecule has 0 spiro atoms. The van der Waals surface area contributed by atoms with Crippen molar-refractivity contribution in [3.8, 4) is 0 Å². The predicted molar refractivity (Wildman–Crippen MR) is 56.9 cm³/mol. The average molecular weight is 174 g/mol. The van der Waals surface area contributed by atoms with Crippen LogP contribution in [0.25, 0.3) is 0 Å². The molecule has 0 heterocycles. The van der Waals surface area contributed by atoms with E-state index in [2.05, 4.69) is 19.4 Å². The molecule has 0 N–H and O–H groups in total. The Morgan fingerprint density at radius 2 is 1.82 bits per heavy atom. The van der Waals surface area contributed by atoms with Gasteiger partial charge in [0.05, 0.1) is 0 Å². The fourth-order valence-corrected chi connectivity index (χ4v) is 4.25. The molecule has 0 aliphatic heterocycles. The van der Waals surface area contributed by atoms with Crippen molar-refractivity contribution in [3.63, 3.8) is 0 Å². The van der Waals surface area contributed by atoms with E-state index in [-0.39, 0.29) is 0 Å². The third-order valence-corrected chi connectivity index (χ3v) is 5.06. The van der Waals surface area contributed by atoms with Gasteiger partial charge in [-0.05, 0) is 36.5 Å². The Labute approximate surface area is 74.1 Å². The molecule has 11 heavy (non-hydrogen) atoms. The monoisotopic (exact) mass is 174 g/mol. The molecule has 1 aliphatic carbocycles. The highest BCUT2D eigenvalue weighted by Gasteiger charge is 2.24. The fraction of sp³-hybridized carbons (Fsp3) is 1.00. The minimum Gasteiger partial charge on any atom is -0.256 e. The van der Waals surface area contributed by atoms with Crippen molar-refractivity contribution >= 4 is 10.9 Å². The summed E-state index contributed by atoms with van der Waals surface area (Å²) in [5.74, 6) is 1.07. The van der Waals surface area contributed by atoms with E-state index in [9.17, 15) is 0 Å². The van der Waals surface area contributed by atoms with Crippen LogP contribution in [0.3, 0.4) is 0 Å². The van der Waals surface area contributed by atoms with E-state index in [1.165, 1.54) is 32.1 Å². The number of hydrogen-bond acceptors (Lipinski definition) is 0. The summed E-state index contributed by atoms with van der Waals surface area (Å²) in [7, 11) is 0.336. The molecular weight excluding hydrogens is 152 g/mol. The Kier molecular flexibility index (Phi) is 3.77. The Bertz CT molecular complexity index is 109. The summed E-state index contributed by atoms with van der Waals surface area (Å²) < 4.78 is 0. The van der Waals surface area contributed by atoms with Crippen LogP contribution >= 0.6 is 10.9 Å². The molecule has 0 aromatic carbocycles. The second kappa shape index (κ2) is 4.39. The van der Waals surface area contributed by atoms with Crippen LogP contribution in [-0.4, -0.2) is 17.8 Å². The number of hydrogen-bond donors (Lipinski definition) is 1. The highest BCUT2D eigenvalue weighted by molar-refractivity contribution is 8.16. The number of thiol groups is 1. The normalized spacial score (nSPS) is 33.5. The van der Waals surface area contributed by atoms with Crippen LogP contribution in [0.1, 0.15) is 39.0 Å². The zero-order chi connectivity index (χ0) is 8.27. The molecule has 0 aromatic heterocycles. The van der Waals surface area contributed by atoms with Crippen molar-refractivity contribution in [1.29, 1.82) is 0 Å². The Hall–Kier alpha value is 0.350. The third kappa shape index (κ3) is 2.40. The van der Waals surface area contributed by atoms with Gasteiger partial charge in [-0.1, -0.05) is 26.2 Å². The van der Waals surface area contributed by atoms with Crippen molar-refractivity contribution in [3.05, 3.63) is 0 Å². The molecule has 0 radical (unpaired) electrons. The Morgan fingerprint density at radius 3 is 2.27 bits per heavy atom.